The molecule has 0 saturated carbocycles. The van der Waals surface area contributed by atoms with Crippen LogP contribution < -0.4 is 10.6 Å². The molecule has 6 heteroatoms. The number of benzene rings is 1. The number of hydrogen-bond acceptors (Lipinski definition) is 5. The Bertz CT molecular complexity index is 558. The molecule has 100 valence electrons. The maximum absolute atomic E-state index is 5.81. The Morgan fingerprint density at radius 3 is 2.58 bits per heavy atom. The predicted octanol–water partition coefficient (Wildman–Crippen LogP) is 2.53. The summed E-state index contributed by atoms with van der Waals surface area (Å²) in [4.78, 5) is 12.1. The minimum atomic E-state index is 0.178. The van der Waals surface area contributed by atoms with Crippen LogP contribution in [0.25, 0.3) is 0 Å². The molecule has 2 aromatic rings. The minimum absolute atomic E-state index is 0.178. The standard InChI is InChI=1S/C13H16ClN5/c1-9-5-3-4-6-10(9)7-8-16-13-18-11(14)17-12(15-2)19-13/h3-6H,7-8H2,1-2H3,(H2,15,16,17,18,19). The number of aromatic nitrogens is 3. The third-order valence-corrected chi connectivity index (χ3v) is 2.94. The van der Waals surface area contributed by atoms with Gasteiger partial charge in [0.05, 0.1) is 0 Å². The van der Waals surface area contributed by atoms with Crippen LogP contribution in [0, 0.1) is 6.92 Å². The van der Waals surface area contributed by atoms with Crippen molar-refractivity contribution in [3.63, 3.8) is 0 Å². The zero-order valence-corrected chi connectivity index (χ0v) is 11.7. The molecule has 0 saturated heterocycles. The van der Waals surface area contributed by atoms with Gasteiger partial charge in [0.15, 0.2) is 0 Å². The van der Waals surface area contributed by atoms with Gasteiger partial charge in [0.25, 0.3) is 0 Å². The molecule has 1 aromatic carbocycles. The second-order valence-corrected chi connectivity index (χ2v) is 4.44. The molecule has 0 amide bonds. The summed E-state index contributed by atoms with van der Waals surface area (Å²) in [5.74, 6) is 0.941. The summed E-state index contributed by atoms with van der Waals surface area (Å²) in [6.07, 6.45) is 0.908. The molecule has 0 aliphatic rings. The number of aryl methyl sites for hydroxylation is 1. The molecule has 1 aromatic heterocycles. The summed E-state index contributed by atoms with van der Waals surface area (Å²) in [6, 6.07) is 8.31. The van der Waals surface area contributed by atoms with Crippen LogP contribution in [0.2, 0.25) is 5.28 Å². The van der Waals surface area contributed by atoms with Gasteiger partial charge in [-0.15, -0.1) is 0 Å². The fourth-order valence-corrected chi connectivity index (χ4v) is 1.90. The minimum Gasteiger partial charge on any atom is -0.357 e. The first-order chi connectivity index (χ1) is 9.19. The first kappa shape index (κ1) is 13.5. The average molecular weight is 278 g/mol. The largest absolute Gasteiger partial charge is 0.357 e. The monoisotopic (exact) mass is 277 g/mol. The fraction of sp³-hybridized carbons (Fsp3) is 0.308. The molecule has 1 heterocycles. The van der Waals surface area contributed by atoms with Crippen molar-refractivity contribution in [3.05, 3.63) is 40.7 Å². The number of hydrogen-bond donors (Lipinski definition) is 2. The molecule has 19 heavy (non-hydrogen) atoms. The lowest BCUT2D eigenvalue weighted by Gasteiger charge is -2.08. The molecule has 0 radical (unpaired) electrons. The van der Waals surface area contributed by atoms with E-state index in [1.165, 1.54) is 11.1 Å². The fourth-order valence-electron chi connectivity index (χ4n) is 1.74. The Kier molecular flexibility index (Phi) is 4.52. The molecule has 2 N–H and O–H groups in total. The molecule has 0 atom stereocenters. The van der Waals surface area contributed by atoms with Gasteiger partial charge in [0, 0.05) is 13.6 Å². The highest BCUT2D eigenvalue weighted by Crippen LogP contribution is 2.10. The van der Waals surface area contributed by atoms with Gasteiger partial charge in [-0.3, -0.25) is 0 Å². The lowest BCUT2D eigenvalue weighted by molar-refractivity contribution is 0.957. The molecule has 0 bridgehead atoms. The normalized spacial score (nSPS) is 10.3. The highest BCUT2D eigenvalue weighted by atomic mass is 35.5. The van der Waals surface area contributed by atoms with Crippen molar-refractivity contribution in [3.8, 4) is 0 Å². The molecule has 2 rings (SSSR count). The number of nitrogens with zero attached hydrogens (tertiary/aromatic N) is 3. The van der Waals surface area contributed by atoms with Gasteiger partial charge in [-0.05, 0) is 36.1 Å². The lowest BCUT2D eigenvalue weighted by Crippen LogP contribution is -2.10. The Labute approximate surface area is 117 Å². The predicted molar refractivity (Wildman–Crippen MR) is 77.8 cm³/mol. The summed E-state index contributed by atoms with van der Waals surface area (Å²) < 4.78 is 0. The Morgan fingerprint density at radius 1 is 1.11 bits per heavy atom. The molecule has 0 unspecified atom stereocenters. The molecule has 5 nitrogen and oxygen atoms in total. The Hall–Kier alpha value is -1.88. The van der Waals surface area contributed by atoms with Crippen LogP contribution >= 0.6 is 11.6 Å². The molecule has 0 fully saturated rings. The van der Waals surface area contributed by atoms with Crippen molar-refractivity contribution in [1.29, 1.82) is 0 Å². The van der Waals surface area contributed by atoms with Crippen molar-refractivity contribution in [2.75, 3.05) is 24.2 Å². The van der Waals surface area contributed by atoms with E-state index in [0.29, 0.717) is 11.9 Å². The summed E-state index contributed by atoms with van der Waals surface area (Å²) in [7, 11) is 1.74. The van der Waals surface area contributed by atoms with E-state index >= 15 is 0 Å². The van der Waals surface area contributed by atoms with E-state index < -0.39 is 0 Å². The zero-order valence-electron chi connectivity index (χ0n) is 10.9. The van der Waals surface area contributed by atoms with Crippen LogP contribution in [0.3, 0.4) is 0 Å². The van der Waals surface area contributed by atoms with Crippen LogP contribution in [0.5, 0.6) is 0 Å². The van der Waals surface area contributed by atoms with E-state index in [-0.39, 0.29) is 5.28 Å². The molecule has 0 spiro atoms. The summed E-state index contributed by atoms with van der Waals surface area (Å²) in [5.41, 5.74) is 2.60. The maximum Gasteiger partial charge on any atom is 0.228 e. The van der Waals surface area contributed by atoms with Crippen LogP contribution in [0.15, 0.2) is 24.3 Å². The van der Waals surface area contributed by atoms with E-state index in [4.69, 9.17) is 11.6 Å². The second-order valence-electron chi connectivity index (χ2n) is 4.10. The van der Waals surface area contributed by atoms with E-state index in [0.717, 1.165) is 13.0 Å². The highest BCUT2D eigenvalue weighted by molar-refractivity contribution is 6.28. The Morgan fingerprint density at radius 2 is 1.84 bits per heavy atom. The van der Waals surface area contributed by atoms with Crippen molar-refractivity contribution in [1.82, 2.24) is 15.0 Å². The van der Waals surface area contributed by atoms with Crippen molar-refractivity contribution >= 4 is 23.5 Å². The van der Waals surface area contributed by atoms with E-state index in [1.807, 2.05) is 12.1 Å². The molecular formula is C13H16ClN5. The van der Waals surface area contributed by atoms with Gasteiger partial charge in [-0.25, -0.2) is 0 Å². The van der Waals surface area contributed by atoms with Crippen molar-refractivity contribution in [2.45, 2.75) is 13.3 Å². The summed E-state index contributed by atoms with van der Waals surface area (Å²) >= 11 is 5.81. The highest BCUT2D eigenvalue weighted by Gasteiger charge is 2.03. The molecule has 0 aliphatic heterocycles. The van der Waals surface area contributed by atoms with Crippen LogP contribution in [-0.2, 0) is 6.42 Å². The average Bonchev–Trinajstić information content (AvgIpc) is 2.40. The SMILES string of the molecule is CNc1nc(Cl)nc(NCCc2ccccc2C)n1. The van der Waals surface area contributed by atoms with Gasteiger partial charge >= 0.3 is 0 Å². The topological polar surface area (TPSA) is 62.7 Å². The third-order valence-electron chi connectivity index (χ3n) is 2.77. The number of anilines is 2. The lowest BCUT2D eigenvalue weighted by atomic mass is 10.1. The van der Waals surface area contributed by atoms with Gasteiger partial charge in [0.2, 0.25) is 17.2 Å². The smallest absolute Gasteiger partial charge is 0.228 e. The molecular weight excluding hydrogens is 262 g/mol. The quantitative estimate of drug-likeness (QED) is 0.879. The summed E-state index contributed by atoms with van der Waals surface area (Å²) in [5, 5.41) is 6.17. The van der Waals surface area contributed by atoms with E-state index in [1.54, 1.807) is 7.05 Å². The van der Waals surface area contributed by atoms with E-state index in [2.05, 4.69) is 44.6 Å². The third kappa shape index (κ3) is 3.79. The summed E-state index contributed by atoms with van der Waals surface area (Å²) in [6.45, 7) is 2.85. The van der Waals surface area contributed by atoms with Crippen LogP contribution in [0.1, 0.15) is 11.1 Å². The van der Waals surface area contributed by atoms with Gasteiger partial charge in [0.1, 0.15) is 0 Å². The first-order valence-electron chi connectivity index (χ1n) is 6.07. The Balaban J connectivity index is 1.96. The van der Waals surface area contributed by atoms with Gasteiger partial charge in [-0.1, -0.05) is 24.3 Å². The van der Waals surface area contributed by atoms with Crippen molar-refractivity contribution < 1.29 is 0 Å². The molecule has 0 aliphatic carbocycles. The van der Waals surface area contributed by atoms with Gasteiger partial charge in [-0.2, -0.15) is 15.0 Å². The van der Waals surface area contributed by atoms with Crippen LogP contribution in [-0.4, -0.2) is 28.5 Å². The first-order valence-corrected chi connectivity index (χ1v) is 6.44. The van der Waals surface area contributed by atoms with E-state index in [9.17, 15) is 0 Å². The number of nitrogens with one attached hydrogen (secondary N) is 2. The number of rotatable bonds is 5. The number of halogens is 1. The van der Waals surface area contributed by atoms with Crippen molar-refractivity contribution in [2.24, 2.45) is 0 Å². The van der Waals surface area contributed by atoms with Gasteiger partial charge < -0.3 is 10.6 Å². The maximum atomic E-state index is 5.81. The zero-order chi connectivity index (χ0) is 13.7. The van der Waals surface area contributed by atoms with Crippen LogP contribution in [0.4, 0.5) is 11.9 Å². The second kappa shape index (κ2) is 6.33.